The molecule has 0 aliphatic heterocycles. The van der Waals surface area contributed by atoms with Crippen LogP contribution in [-0.4, -0.2) is 21.0 Å². The second-order valence-corrected chi connectivity index (χ2v) is 5.04. The van der Waals surface area contributed by atoms with Gasteiger partial charge in [0.25, 0.3) is 0 Å². The maximum absolute atomic E-state index is 12.1. The lowest BCUT2D eigenvalue weighted by molar-refractivity contribution is -0.121. The molecule has 0 bridgehead atoms. The Morgan fingerprint density at radius 2 is 2.24 bits per heavy atom. The molecule has 108 valence electrons. The number of nitrogens with one attached hydrogen (secondary N) is 2. The van der Waals surface area contributed by atoms with Gasteiger partial charge in [-0.15, -0.1) is 0 Å². The Bertz CT molecular complexity index is 775. The number of carbonyl (C=O) groups is 1. The van der Waals surface area contributed by atoms with Gasteiger partial charge in [0.15, 0.2) is 5.58 Å². The van der Waals surface area contributed by atoms with Crippen LogP contribution in [0, 0.1) is 6.92 Å². The number of aromatic amines is 1. The number of rotatable bonds is 4. The molecule has 0 spiro atoms. The van der Waals surface area contributed by atoms with Crippen molar-refractivity contribution in [2.24, 2.45) is 0 Å². The van der Waals surface area contributed by atoms with E-state index >= 15 is 0 Å². The van der Waals surface area contributed by atoms with E-state index in [2.05, 4.69) is 20.4 Å². The lowest BCUT2D eigenvalue weighted by Gasteiger charge is -2.10. The van der Waals surface area contributed by atoms with Gasteiger partial charge in [0.2, 0.25) is 5.91 Å². The van der Waals surface area contributed by atoms with Crippen LogP contribution in [0.1, 0.15) is 30.2 Å². The Morgan fingerprint density at radius 3 is 3.00 bits per heavy atom. The maximum Gasteiger partial charge on any atom is 0.226 e. The molecule has 0 saturated heterocycles. The van der Waals surface area contributed by atoms with Gasteiger partial charge in [-0.1, -0.05) is 17.3 Å². The third kappa shape index (κ3) is 2.79. The second kappa shape index (κ2) is 5.40. The van der Waals surface area contributed by atoms with Gasteiger partial charge >= 0.3 is 0 Å². The normalized spacial score (nSPS) is 12.5. The summed E-state index contributed by atoms with van der Waals surface area (Å²) in [7, 11) is 0. The van der Waals surface area contributed by atoms with Crippen molar-refractivity contribution in [3.8, 4) is 0 Å². The predicted molar refractivity (Wildman–Crippen MR) is 77.6 cm³/mol. The van der Waals surface area contributed by atoms with Crippen LogP contribution in [-0.2, 0) is 11.2 Å². The molecule has 6 heteroatoms. The van der Waals surface area contributed by atoms with Crippen LogP contribution < -0.4 is 5.32 Å². The number of carbonyl (C=O) groups excluding carboxylic acids is 1. The number of aromatic nitrogens is 3. The first-order chi connectivity index (χ1) is 10.1. The summed E-state index contributed by atoms with van der Waals surface area (Å²) >= 11 is 0. The Labute approximate surface area is 121 Å². The van der Waals surface area contributed by atoms with Crippen molar-refractivity contribution in [1.82, 2.24) is 20.4 Å². The highest BCUT2D eigenvalue weighted by molar-refractivity contribution is 5.86. The Morgan fingerprint density at radius 1 is 1.43 bits per heavy atom. The van der Waals surface area contributed by atoms with Crippen molar-refractivity contribution in [2.45, 2.75) is 26.3 Å². The summed E-state index contributed by atoms with van der Waals surface area (Å²) in [6, 6.07) is 7.32. The molecule has 0 radical (unpaired) electrons. The van der Waals surface area contributed by atoms with Crippen LogP contribution >= 0.6 is 0 Å². The summed E-state index contributed by atoms with van der Waals surface area (Å²) < 4.78 is 5.19. The molecule has 0 saturated carbocycles. The summed E-state index contributed by atoms with van der Waals surface area (Å²) in [5, 5.41) is 7.73. The van der Waals surface area contributed by atoms with E-state index in [0.717, 1.165) is 16.9 Å². The van der Waals surface area contributed by atoms with Gasteiger partial charge in [-0.3, -0.25) is 4.79 Å². The van der Waals surface area contributed by atoms with E-state index < -0.39 is 0 Å². The minimum absolute atomic E-state index is 0.115. The van der Waals surface area contributed by atoms with Crippen molar-refractivity contribution in [3.63, 3.8) is 0 Å². The van der Waals surface area contributed by atoms with Gasteiger partial charge in [0.05, 0.1) is 12.5 Å². The number of benzene rings is 1. The lowest BCUT2D eigenvalue weighted by atomic mass is 10.1. The highest BCUT2D eigenvalue weighted by atomic mass is 16.5. The number of para-hydroxylation sites is 1. The molecule has 0 unspecified atom stereocenters. The number of hydrogen-bond donors (Lipinski definition) is 2. The zero-order chi connectivity index (χ0) is 14.8. The highest BCUT2D eigenvalue weighted by Crippen LogP contribution is 2.18. The average Bonchev–Trinajstić information content (AvgIpc) is 3.06. The number of imidazole rings is 1. The summed E-state index contributed by atoms with van der Waals surface area (Å²) in [4.78, 5) is 19.4. The average molecular weight is 284 g/mol. The number of H-pyrrole nitrogens is 1. The van der Waals surface area contributed by atoms with Gasteiger partial charge in [-0.05, 0) is 26.0 Å². The van der Waals surface area contributed by atoms with Gasteiger partial charge < -0.3 is 14.8 Å². The van der Waals surface area contributed by atoms with Gasteiger partial charge in [0, 0.05) is 17.3 Å². The number of fused-ring (bicyclic) bond motifs is 1. The monoisotopic (exact) mass is 284 g/mol. The molecule has 1 aromatic carbocycles. The summed E-state index contributed by atoms with van der Waals surface area (Å²) in [5.41, 5.74) is 2.30. The summed E-state index contributed by atoms with van der Waals surface area (Å²) in [5.74, 6) is 0.626. The molecule has 2 N–H and O–H groups in total. The topological polar surface area (TPSA) is 83.8 Å². The molecule has 0 aliphatic carbocycles. The van der Waals surface area contributed by atoms with E-state index in [9.17, 15) is 4.79 Å². The van der Waals surface area contributed by atoms with Gasteiger partial charge in [0.1, 0.15) is 11.5 Å². The molecule has 0 fully saturated rings. The maximum atomic E-state index is 12.1. The number of aryl methyl sites for hydroxylation is 1. The number of hydrogen-bond acceptors (Lipinski definition) is 4. The molecule has 3 aromatic rings. The van der Waals surface area contributed by atoms with Crippen LogP contribution in [0.5, 0.6) is 0 Å². The van der Waals surface area contributed by atoms with Crippen molar-refractivity contribution in [1.29, 1.82) is 0 Å². The summed E-state index contributed by atoms with van der Waals surface area (Å²) in [6.45, 7) is 3.81. The van der Waals surface area contributed by atoms with Crippen LogP contribution in [0.4, 0.5) is 0 Å². The zero-order valence-corrected chi connectivity index (χ0v) is 11.9. The largest absolute Gasteiger partial charge is 0.356 e. The number of amides is 1. The molecular formula is C15H16N4O2. The van der Waals surface area contributed by atoms with E-state index in [4.69, 9.17) is 4.52 Å². The molecule has 3 rings (SSSR count). The second-order valence-electron chi connectivity index (χ2n) is 5.04. The molecule has 0 aliphatic rings. The molecular weight excluding hydrogens is 268 g/mol. The van der Waals surface area contributed by atoms with Crippen molar-refractivity contribution < 1.29 is 9.32 Å². The molecule has 21 heavy (non-hydrogen) atoms. The van der Waals surface area contributed by atoms with Crippen LogP contribution in [0.15, 0.2) is 35.0 Å². The Hall–Kier alpha value is -2.63. The van der Waals surface area contributed by atoms with E-state index in [0.29, 0.717) is 11.3 Å². The molecule has 1 amide bonds. The van der Waals surface area contributed by atoms with E-state index in [-0.39, 0.29) is 18.4 Å². The first-order valence-electron chi connectivity index (χ1n) is 6.77. The molecule has 6 nitrogen and oxygen atoms in total. The van der Waals surface area contributed by atoms with Crippen molar-refractivity contribution in [3.05, 3.63) is 47.7 Å². The van der Waals surface area contributed by atoms with E-state index in [1.165, 1.54) is 0 Å². The molecule has 2 heterocycles. The fourth-order valence-corrected chi connectivity index (χ4v) is 2.23. The fourth-order valence-electron chi connectivity index (χ4n) is 2.23. The zero-order valence-electron chi connectivity index (χ0n) is 11.9. The first kappa shape index (κ1) is 13.4. The smallest absolute Gasteiger partial charge is 0.226 e. The first-order valence-corrected chi connectivity index (χ1v) is 6.77. The van der Waals surface area contributed by atoms with Gasteiger partial charge in [-0.2, -0.15) is 0 Å². The van der Waals surface area contributed by atoms with Crippen molar-refractivity contribution >= 4 is 16.9 Å². The van der Waals surface area contributed by atoms with Crippen LogP contribution in [0.2, 0.25) is 0 Å². The standard InChI is InChI=1S/C15H16N4O2/c1-9-8-16-15(17-9)10(2)18-14(20)7-12-11-5-3-4-6-13(11)21-19-12/h3-6,8,10H,7H2,1-2H3,(H,16,17)(H,18,20)/t10-/m1/s1. The third-order valence-electron chi connectivity index (χ3n) is 3.29. The van der Waals surface area contributed by atoms with Crippen LogP contribution in [0.25, 0.3) is 11.0 Å². The lowest BCUT2D eigenvalue weighted by Crippen LogP contribution is -2.28. The quantitative estimate of drug-likeness (QED) is 0.769. The molecule has 2 aromatic heterocycles. The predicted octanol–water partition coefficient (Wildman–Crippen LogP) is 2.28. The highest BCUT2D eigenvalue weighted by Gasteiger charge is 2.15. The third-order valence-corrected chi connectivity index (χ3v) is 3.29. The fraction of sp³-hybridized carbons (Fsp3) is 0.267. The summed E-state index contributed by atoms with van der Waals surface area (Å²) in [6.07, 6.45) is 1.92. The van der Waals surface area contributed by atoms with E-state index in [1.54, 1.807) is 6.20 Å². The minimum Gasteiger partial charge on any atom is -0.356 e. The minimum atomic E-state index is -0.177. The van der Waals surface area contributed by atoms with Crippen molar-refractivity contribution in [2.75, 3.05) is 0 Å². The number of nitrogens with zero attached hydrogens (tertiary/aromatic N) is 2. The van der Waals surface area contributed by atoms with Gasteiger partial charge in [-0.25, -0.2) is 4.98 Å². The molecule has 1 atom stereocenters. The Kier molecular flexibility index (Phi) is 3.43. The SMILES string of the molecule is Cc1cnc([C@@H](C)NC(=O)Cc2noc3ccccc23)[nH]1. The van der Waals surface area contributed by atoms with E-state index in [1.807, 2.05) is 38.1 Å². The van der Waals surface area contributed by atoms with Crippen LogP contribution in [0.3, 0.4) is 0 Å². The Balaban J connectivity index is 1.69.